The van der Waals surface area contributed by atoms with Crippen molar-refractivity contribution < 1.29 is 14.7 Å². The number of hydrogen-bond donors (Lipinski definition) is 1. The molecule has 3 unspecified atom stereocenters. The molecule has 122 valence electrons. The van der Waals surface area contributed by atoms with Crippen LogP contribution in [-0.4, -0.2) is 23.5 Å². The Morgan fingerprint density at radius 2 is 2.18 bits per heavy atom. The molecule has 3 aliphatic rings. The van der Waals surface area contributed by atoms with Gasteiger partial charge in [-0.3, -0.25) is 4.79 Å². The predicted octanol–water partition coefficient (Wildman–Crippen LogP) is 3.63. The molecule has 0 aromatic heterocycles. The van der Waals surface area contributed by atoms with E-state index in [1.165, 1.54) is 0 Å². The Balaban J connectivity index is 1.74. The molecule has 0 spiro atoms. The number of rotatable bonds is 5. The second-order valence-corrected chi connectivity index (χ2v) is 6.98. The van der Waals surface area contributed by atoms with Gasteiger partial charge in [-0.15, -0.1) is 11.8 Å². The van der Waals surface area contributed by atoms with E-state index in [2.05, 4.69) is 30.8 Å². The number of unbranched alkanes of at least 4 members (excludes halogenated alkanes) is 1. The summed E-state index contributed by atoms with van der Waals surface area (Å²) in [6.45, 7) is 6.80. The average molecular weight is 305 g/mol. The molecule has 3 atom stereocenters. The summed E-state index contributed by atoms with van der Waals surface area (Å²) in [7, 11) is 0. The first-order chi connectivity index (χ1) is 10.5. The Morgan fingerprint density at radius 1 is 1.41 bits per heavy atom. The second kappa shape index (κ2) is 7.17. The lowest BCUT2D eigenvalue weighted by atomic mass is 9.46. The number of nitrogens with zero attached hydrogens (tertiary/aromatic N) is 1. The molecule has 0 aromatic carbocycles. The van der Waals surface area contributed by atoms with Gasteiger partial charge in [-0.05, 0) is 37.5 Å². The molecule has 3 rings (SSSR count). The highest BCUT2D eigenvalue weighted by Gasteiger charge is 2.56. The average Bonchev–Trinajstić information content (AvgIpc) is 2.50. The van der Waals surface area contributed by atoms with E-state index in [1.54, 1.807) is 0 Å². The smallest absolute Gasteiger partial charge is 0.305 e. The number of hydrogen-bond acceptors (Lipinski definition) is 4. The van der Waals surface area contributed by atoms with Crippen LogP contribution in [0.15, 0.2) is 5.16 Å². The maximum Gasteiger partial charge on any atom is 0.305 e. The van der Waals surface area contributed by atoms with E-state index in [0.29, 0.717) is 24.9 Å². The van der Waals surface area contributed by atoms with Crippen molar-refractivity contribution in [2.24, 2.45) is 28.3 Å². The molecular formula is C18H27NO3. The Labute approximate surface area is 133 Å². The number of esters is 1. The zero-order valence-corrected chi connectivity index (χ0v) is 13.9. The fraction of sp³-hybridized carbons (Fsp3) is 0.778. The highest BCUT2D eigenvalue weighted by molar-refractivity contribution is 5.91. The molecule has 0 heterocycles. The molecule has 1 N–H and O–H groups in total. The van der Waals surface area contributed by atoms with Crippen molar-refractivity contribution in [3.8, 4) is 11.8 Å². The van der Waals surface area contributed by atoms with Crippen LogP contribution in [0, 0.1) is 35.0 Å². The van der Waals surface area contributed by atoms with Crippen LogP contribution in [0.4, 0.5) is 0 Å². The summed E-state index contributed by atoms with van der Waals surface area (Å²) >= 11 is 0. The number of carbonyl (C=O) groups is 1. The standard InChI is InChI=1S/C18H27NO3/c1-4-22-16(20)10-8-6-5-7-9-13-11-14-12-15(17(13)19-21)18(14,2)3/h13-15,21H,4,6,8-12H2,1-3H3/b19-17+. The molecule has 2 bridgehead atoms. The summed E-state index contributed by atoms with van der Waals surface area (Å²) in [4.78, 5) is 11.2. The maximum absolute atomic E-state index is 11.2. The minimum Gasteiger partial charge on any atom is -0.466 e. The first-order valence-electron chi connectivity index (χ1n) is 8.33. The van der Waals surface area contributed by atoms with E-state index in [-0.39, 0.29) is 11.4 Å². The van der Waals surface area contributed by atoms with E-state index in [1.807, 2.05) is 6.92 Å². The van der Waals surface area contributed by atoms with Crippen LogP contribution in [0.25, 0.3) is 0 Å². The van der Waals surface area contributed by atoms with Crippen molar-refractivity contribution in [1.82, 2.24) is 0 Å². The third-order valence-corrected chi connectivity index (χ3v) is 5.39. The minimum absolute atomic E-state index is 0.145. The zero-order chi connectivity index (χ0) is 16.2. The molecule has 4 heteroatoms. The lowest BCUT2D eigenvalue weighted by molar-refractivity contribution is -0.143. The summed E-state index contributed by atoms with van der Waals surface area (Å²) in [5.41, 5.74) is 1.24. The van der Waals surface area contributed by atoms with E-state index < -0.39 is 0 Å². The summed E-state index contributed by atoms with van der Waals surface area (Å²) in [6, 6.07) is 0. The van der Waals surface area contributed by atoms with Gasteiger partial charge < -0.3 is 9.94 Å². The molecule has 0 saturated heterocycles. The Hall–Kier alpha value is -1.50. The molecule has 3 aliphatic carbocycles. The van der Waals surface area contributed by atoms with Crippen molar-refractivity contribution >= 4 is 11.7 Å². The summed E-state index contributed by atoms with van der Waals surface area (Å²) in [6.07, 6.45) is 4.91. The van der Waals surface area contributed by atoms with Gasteiger partial charge in [0, 0.05) is 31.1 Å². The van der Waals surface area contributed by atoms with Gasteiger partial charge in [0.25, 0.3) is 0 Å². The van der Waals surface area contributed by atoms with Crippen LogP contribution in [0.1, 0.15) is 59.3 Å². The van der Waals surface area contributed by atoms with Crippen LogP contribution in [0.2, 0.25) is 0 Å². The molecule has 22 heavy (non-hydrogen) atoms. The molecule has 0 aromatic rings. The molecule has 0 amide bonds. The summed E-state index contributed by atoms with van der Waals surface area (Å²) in [5, 5.41) is 12.9. The van der Waals surface area contributed by atoms with E-state index in [4.69, 9.17) is 4.74 Å². The Bertz CT molecular complexity index is 498. The van der Waals surface area contributed by atoms with Gasteiger partial charge >= 0.3 is 5.97 Å². The molecule has 3 saturated carbocycles. The first kappa shape index (κ1) is 16.9. The predicted molar refractivity (Wildman–Crippen MR) is 85.6 cm³/mol. The fourth-order valence-electron chi connectivity index (χ4n) is 3.84. The van der Waals surface area contributed by atoms with Gasteiger partial charge in [0.15, 0.2) is 0 Å². The van der Waals surface area contributed by atoms with Gasteiger partial charge in [-0.2, -0.15) is 0 Å². The number of ether oxygens (including phenoxy) is 1. The van der Waals surface area contributed by atoms with E-state index in [9.17, 15) is 10.0 Å². The largest absolute Gasteiger partial charge is 0.466 e. The van der Waals surface area contributed by atoms with Gasteiger partial charge in [-0.1, -0.05) is 19.0 Å². The molecular weight excluding hydrogens is 278 g/mol. The Morgan fingerprint density at radius 3 is 2.82 bits per heavy atom. The van der Waals surface area contributed by atoms with Crippen molar-refractivity contribution in [3.05, 3.63) is 0 Å². The van der Waals surface area contributed by atoms with Crippen molar-refractivity contribution in [2.45, 2.75) is 59.3 Å². The quantitative estimate of drug-likeness (QED) is 0.277. The molecule has 3 fully saturated rings. The van der Waals surface area contributed by atoms with Crippen molar-refractivity contribution in [3.63, 3.8) is 0 Å². The number of fused-ring (bicyclic) bond motifs is 2. The topological polar surface area (TPSA) is 58.9 Å². The summed E-state index contributed by atoms with van der Waals surface area (Å²) in [5.74, 6) is 7.65. The first-order valence-corrected chi connectivity index (χ1v) is 8.33. The van der Waals surface area contributed by atoms with E-state index in [0.717, 1.165) is 43.7 Å². The van der Waals surface area contributed by atoms with Crippen molar-refractivity contribution in [1.29, 1.82) is 0 Å². The van der Waals surface area contributed by atoms with Crippen LogP contribution in [0.3, 0.4) is 0 Å². The maximum atomic E-state index is 11.2. The van der Waals surface area contributed by atoms with Gasteiger partial charge in [0.1, 0.15) is 0 Å². The van der Waals surface area contributed by atoms with Crippen molar-refractivity contribution in [2.75, 3.05) is 6.61 Å². The minimum atomic E-state index is -0.145. The lowest BCUT2D eigenvalue weighted by Crippen LogP contribution is -2.56. The SMILES string of the molecule is CCOC(=O)CCCC#CCC1CC2CC(/C1=N/O)C2(C)C. The number of carbonyl (C=O) groups excluding carboxylic acids is 1. The van der Waals surface area contributed by atoms with Gasteiger partial charge in [-0.25, -0.2) is 0 Å². The number of oxime groups is 1. The fourth-order valence-corrected chi connectivity index (χ4v) is 3.84. The van der Waals surface area contributed by atoms with Gasteiger partial charge in [0.2, 0.25) is 0 Å². The third-order valence-electron chi connectivity index (χ3n) is 5.39. The highest BCUT2D eigenvalue weighted by atomic mass is 16.5. The monoisotopic (exact) mass is 305 g/mol. The normalized spacial score (nSPS) is 30.1. The zero-order valence-electron chi connectivity index (χ0n) is 13.9. The lowest BCUT2D eigenvalue weighted by Gasteiger charge is -2.58. The molecule has 0 radical (unpaired) electrons. The van der Waals surface area contributed by atoms with Crippen LogP contribution >= 0.6 is 0 Å². The van der Waals surface area contributed by atoms with Gasteiger partial charge in [0.05, 0.1) is 12.3 Å². The Kier molecular flexibility index (Phi) is 5.50. The third kappa shape index (κ3) is 3.45. The van der Waals surface area contributed by atoms with Crippen LogP contribution in [-0.2, 0) is 9.53 Å². The van der Waals surface area contributed by atoms with E-state index >= 15 is 0 Å². The molecule has 0 aliphatic heterocycles. The molecule has 4 nitrogen and oxygen atoms in total. The van der Waals surface area contributed by atoms with Crippen LogP contribution in [0.5, 0.6) is 0 Å². The summed E-state index contributed by atoms with van der Waals surface area (Å²) < 4.78 is 4.88. The second-order valence-electron chi connectivity index (χ2n) is 6.98. The highest BCUT2D eigenvalue weighted by Crippen LogP contribution is 2.59. The van der Waals surface area contributed by atoms with Crippen LogP contribution < -0.4 is 0 Å².